The fourth-order valence-corrected chi connectivity index (χ4v) is 2.00. The topological polar surface area (TPSA) is 53.4 Å². The number of hydrogen-bond donors (Lipinski definition) is 0. The summed E-state index contributed by atoms with van der Waals surface area (Å²) in [5.41, 5.74) is 0.791. The molecule has 0 atom stereocenters. The Hall–Kier alpha value is -1.72. The van der Waals surface area contributed by atoms with Crippen molar-refractivity contribution in [1.82, 2.24) is 9.78 Å². The van der Waals surface area contributed by atoms with E-state index in [1.807, 2.05) is 0 Å². The lowest BCUT2D eigenvalue weighted by atomic mass is 10.2. The van der Waals surface area contributed by atoms with Crippen LogP contribution in [-0.4, -0.2) is 24.0 Å². The Kier molecular flexibility index (Phi) is 4.52. The molecular weight excluding hydrogens is 303 g/mol. The van der Waals surface area contributed by atoms with E-state index < -0.39 is 10.4 Å². The first-order valence-electron chi connectivity index (χ1n) is 5.67. The maximum Gasteiger partial charge on any atom is 0.317 e. The Labute approximate surface area is 125 Å². The predicted molar refractivity (Wildman–Crippen MR) is 77.4 cm³/mol. The third-order valence-corrected chi connectivity index (χ3v) is 3.20. The molecule has 0 saturated carbocycles. The van der Waals surface area contributed by atoms with E-state index >= 15 is 0 Å². The highest BCUT2D eigenvalue weighted by molar-refractivity contribution is 6.44. The largest absolute Gasteiger partial charge is 0.491 e. The molecule has 1 heterocycles. The monoisotopic (exact) mass is 314 g/mol. The van der Waals surface area contributed by atoms with E-state index in [1.165, 1.54) is 25.1 Å². The minimum Gasteiger partial charge on any atom is -0.491 e. The van der Waals surface area contributed by atoms with Gasteiger partial charge in [0.05, 0.1) is 26.1 Å². The zero-order chi connectivity index (χ0) is 14.7. The van der Waals surface area contributed by atoms with Gasteiger partial charge in [0.25, 0.3) is 0 Å². The van der Waals surface area contributed by atoms with Crippen LogP contribution in [0.3, 0.4) is 0 Å². The minimum atomic E-state index is -0.675. The highest BCUT2D eigenvalue weighted by atomic mass is 35.5. The molecule has 20 heavy (non-hydrogen) atoms. The van der Waals surface area contributed by atoms with E-state index in [4.69, 9.17) is 32.7 Å². The summed E-state index contributed by atoms with van der Waals surface area (Å²) in [6.45, 7) is 0. The number of halogens is 2. The lowest BCUT2D eigenvalue weighted by molar-refractivity contribution is 0.344. The van der Waals surface area contributed by atoms with Crippen molar-refractivity contribution < 1.29 is 9.47 Å². The lowest BCUT2D eigenvalue weighted by Gasteiger charge is -2.11. The van der Waals surface area contributed by atoms with E-state index in [9.17, 15) is 4.79 Å². The summed E-state index contributed by atoms with van der Waals surface area (Å²) >= 11 is 11.6. The van der Waals surface area contributed by atoms with Crippen molar-refractivity contribution in [3.8, 4) is 17.2 Å². The van der Waals surface area contributed by atoms with Crippen molar-refractivity contribution >= 4 is 23.2 Å². The normalized spacial score (nSPS) is 10.7. The first-order valence-corrected chi connectivity index (χ1v) is 6.54. The summed E-state index contributed by atoms with van der Waals surface area (Å²) in [5.74, 6) is 0.360. The molecule has 1 aromatic heterocycles. The summed E-state index contributed by atoms with van der Waals surface area (Å²) in [5, 5.41) is 4.04. The number of hydrogen-bond acceptors (Lipinski definition) is 4. The summed E-state index contributed by atoms with van der Waals surface area (Å²) in [4.78, 5) is 11.6. The number of methoxy groups -OCH3 is 2. The van der Waals surface area contributed by atoms with Crippen LogP contribution in [0.1, 0.15) is 10.4 Å². The Morgan fingerprint density at radius 2 is 2.00 bits per heavy atom. The quantitative estimate of drug-likeness (QED) is 0.814. The van der Waals surface area contributed by atoms with E-state index in [2.05, 4.69) is 5.10 Å². The first kappa shape index (κ1) is 14.7. The van der Waals surface area contributed by atoms with Crippen molar-refractivity contribution in [2.24, 2.45) is 0 Å². The second-order valence-electron chi connectivity index (χ2n) is 3.86. The van der Waals surface area contributed by atoms with Crippen LogP contribution >= 0.6 is 23.2 Å². The highest BCUT2D eigenvalue weighted by Gasteiger charge is 2.14. The maximum absolute atomic E-state index is 12.3. The van der Waals surface area contributed by atoms with Gasteiger partial charge in [0.15, 0.2) is 5.75 Å². The molecule has 0 bridgehead atoms. The molecule has 1 aromatic carbocycles. The molecule has 0 aliphatic heterocycles. The molecule has 2 aromatic rings. The third-order valence-electron chi connectivity index (χ3n) is 2.69. The molecule has 5 nitrogen and oxygen atoms in total. The van der Waals surface area contributed by atoms with Crippen LogP contribution in [0, 0.1) is 0 Å². The van der Waals surface area contributed by atoms with Crippen LogP contribution in [0.25, 0.3) is 5.69 Å². The van der Waals surface area contributed by atoms with Crippen molar-refractivity contribution in [3.63, 3.8) is 0 Å². The molecule has 0 radical (unpaired) electrons. The van der Waals surface area contributed by atoms with E-state index in [1.54, 1.807) is 24.3 Å². The molecule has 0 saturated heterocycles. The molecule has 7 heteroatoms. The van der Waals surface area contributed by atoms with Gasteiger partial charge in [-0.25, -0.2) is 0 Å². The van der Waals surface area contributed by atoms with Gasteiger partial charge in [-0.15, -0.1) is 23.2 Å². The molecule has 106 valence electrons. The fourth-order valence-electron chi connectivity index (χ4n) is 1.73. The van der Waals surface area contributed by atoms with Gasteiger partial charge in [0.2, 0.25) is 5.75 Å². The number of alkyl halides is 2. The zero-order valence-corrected chi connectivity index (χ0v) is 12.4. The van der Waals surface area contributed by atoms with Crippen LogP contribution in [0.5, 0.6) is 11.5 Å². The number of rotatable bonds is 4. The first-order chi connectivity index (χ1) is 9.58. The van der Waals surface area contributed by atoms with Gasteiger partial charge in [-0.2, -0.15) is 9.78 Å². The van der Waals surface area contributed by atoms with Crippen molar-refractivity contribution in [3.05, 3.63) is 46.4 Å². The molecule has 0 N–H and O–H groups in total. The summed E-state index contributed by atoms with van der Waals surface area (Å²) < 4.78 is 11.3. The number of nitrogens with zero attached hydrogens (tertiary/aromatic N) is 2. The number of benzene rings is 1. The van der Waals surface area contributed by atoms with E-state index in [-0.39, 0.29) is 11.5 Å². The Morgan fingerprint density at radius 3 is 2.60 bits per heavy atom. The highest BCUT2D eigenvalue weighted by Crippen LogP contribution is 2.26. The predicted octanol–water partition coefficient (Wildman–Crippen LogP) is 2.73. The fraction of sp³-hybridized carbons (Fsp3) is 0.231. The van der Waals surface area contributed by atoms with Gasteiger partial charge in [-0.3, -0.25) is 4.79 Å². The molecular formula is C13H12Cl2N2O3. The van der Waals surface area contributed by atoms with Gasteiger partial charge >= 0.3 is 5.56 Å². The third kappa shape index (κ3) is 2.73. The van der Waals surface area contributed by atoms with Crippen molar-refractivity contribution in [2.75, 3.05) is 14.2 Å². The Bertz CT molecular complexity index is 671. The van der Waals surface area contributed by atoms with E-state index in [0.29, 0.717) is 11.3 Å². The standard InChI is InChI=1S/C13H12Cl2N2O3/c1-19-10-7-16-17(13(18)11(10)20-2)9-5-3-4-8(6-9)12(14)15/h3-7,12H,1-2H3. The van der Waals surface area contributed by atoms with Crippen molar-refractivity contribution in [1.29, 1.82) is 0 Å². The molecule has 0 unspecified atom stereocenters. The maximum atomic E-state index is 12.3. The second kappa shape index (κ2) is 6.15. The zero-order valence-electron chi connectivity index (χ0n) is 10.8. The molecule has 0 aliphatic rings. The number of ether oxygens (including phenoxy) is 2. The van der Waals surface area contributed by atoms with Gasteiger partial charge in [0, 0.05) is 0 Å². The molecule has 0 aliphatic carbocycles. The smallest absolute Gasteiger partial charge is 0.317 e. The second-order valence-corrected chi connectivity index (χ2v) is 4.96. The molecule has 2 rings (SSSR count). The van der Waals surface area contributed by atoms with E-state index in [0.717, 1.165) is 0 Å². The van der Waals surface area contributed by atoms with Crippen LogP contribution in [0.15, 0.2) is 35.3 Å². The Balaban J connectivity index is 2.59. The SMILES string of the molecule is COc1cnn(-c2cccc(C(Cl)Cl)c2)c(=O)c1OC. The minimum absolute atomic E-state index is 0.0844. The van der Waals surface area contributed by atoms with Crippen molar-refractivity contribution in [2.45, 2.75) is 4.84 Å². The van der Waals surface area contributed by atoms with Gasteiger partial charge in [-0.05, 0) is 17.7 Å². The summed E-state index contributed by atoms with van der Waals surface area (Å²) in [7, 11) is 2.84. The molecule has 0 fully saturated rings. The average Bonchev–Trinajstić information content (AvgIpc) is 2.46. The van der Waals surface area contributed by atoms with Crippen LogP contribution in [-0.2, 0) is 0 Å². The lowest BCUT2D eigenvalue weighted by Crippen LogP contribution is -2.22. The van der Waals surface area contributed by atoms with Crippen LogP contribution in [0.2, 0.25) is 0 Å². The Morgan fingerprint density at radius 1 is 1.25 bits per heavy atom. The summed E-state index contributed by atoms with van der Waals surface area (Å²) in [6.07, 6.45) is 1.41. The number of aromatic nitrogens is 2. The van der Waals surface area contributed by atoms with Gasteiger partial charge in [0.1, 0.15) is 4.84 Å². The van der Waals surface area contributed by atoms with Crippen LogP contribution < -0.4 is 15.0 Å². The average molecular weight is 315 g/mol. The summed E-state index contributed by atoms with van der Waals surface area (Å²) in [6, 6.07) is 6.91. The van der Waals surface area contributed by atoms with Crippen LogP contribution in [0.4, 0.5) is 0 Å². The molecule has 0 spiro atoms. The van der Waals surface area contributed by atoms with Gasteiger partial charge in [-0.1, -0.05) is 12.1 Å². The van der Waals surface area contributed by atoms with Gasteiger partial charge < -0.3 is 9.47 Å². The molecule has 0 amide bonds.